The molecule has 0 fully saturated rings. The summed E-state index contributed by atoms with van der Waals surface area (Å²) in [5.74, 6) is -3.29. The molecule has 34 heavy (non-hydrogen) atoms. The van der Waals surface area contributed by atoms with Gasteiger partial charge in [0.15, 0.2) is 5.96 Å². The minimum Gasteiger partial charge on any atom is -0.480 e. The number of aliphatic carboxylic acids is 1. The Morgan fingerprint density at radius 2 is 1.50 bits per heavy atom. The van der Waals surface area contributed by atoms with E-state index in [1.165, 1.54) is 18.7 Å². The summed E-state index contributed by atoms with van der Waals surface area (Å²) < 4.78 is 0. The Balaban J connectivity index is 5.19. The molecule has 3 amide bonds. The van der Waals surface area contributed by atoms with E-state index in [1.807, 2.05) is 0 Å². The van der Waals surface area contributed by atoms with Crippen molar-refractivity contribution in [3.63, 3.8) is 0 Å². The van der Waals surface area contributed by atoms with Crippen LogP contribution < -0.4 is 33.2 Å². The van der Waals surface area contributed by atoms with Gasteiger partial charge in [0.1, 0.15) is 18.1 Å². The highest BCUT2D eigenvalue weighted by Gasteiger charge is 2.33. The highest BCUT2D eigenvalue weighted by Crippen LogP contribution is 2.07. The largest absolute Gasteiger partial charge is 0.480 e. The van der Waals surface area contributed by atoms with Gasteiger partial charge in [-0.1, -0.05) is 13.8 Å². The summed E-state index contributed by atoms with van der Waals surface area (Å²) in [4.78, 5) is 53.2. The average molecular weight is 506 g/mol. The van der Waals surface area contributed by atoms with Gasteiger partial charge in [0.25, 0.3) is 0 Å². The van der Waals surface area contributed by atoms with Crippen LogP contribution in [0.3, 0.4) is 0 Å². The Labute approximate surface area is 204 Å². The van der Waals surface area contributed by atoms with Crippen molar-refractivity contribution in [3.05, 3.63) is 0 Å². The maximum Gasteiger partial charge on any atom is 0.326 e. The van der Waals surface area contributed by atoms with E-state index in [0.717, 1.165) is 0 Å². The lowest BCUT2D eigenvalue weighted by atomic mass is 10.0. The highest BCUT2D eigenvalue weighted by molar-refractivity contribution is 7.98. The number of thioether (sulfide) groups is 1. The summed E-state index contributed by atoms with van der Waals surface area (Å²) in [5.41, 5.74) is 16.4. The van der Waals surface area contributed by atoms with Crippen molar-refractivity contribution < 1.29 is 29.4 Å². The molecule has 196 valence electrons. The van der Waals surface area contributed by atoms with Gasteiger partial charge in [-0.05, 0) is 44.1 Å². The van der Waals surface area contributed by atoms with E-state index in [1.54, 1.807) is 20.1 Å². The summed E-state index contributed by atoms with van der Waals surface area (Å²) in [5, 5.41) is 26.7. The molecule has 0 saturated carbocycles. The number of hydrogen-bond acceptors (Lipinski definition) is 8. The van der Waals surface area contributed by atoms with Gasteiger partial charge in [0.05, 0.1) is 12.1 Å². The molecule has 0 aromatic rings. The van der Waals surface area contributed by atoms with Crippen LogP contribution in [0, 0.1) is 5.92 Å². The first-order valence-corrected chi connectivity index (χ1v) is 12.3. The Morgan fingerprint density at radius 1 is 0.941 bits per heavy atom. The predicted octanol–water partition coefficient (Wildman–Crippen LogP) is -2.30. The van der Waals surface area contributed by atoms with Crippen molar-refractivity contribution in [1.29, 1.82) is 0 Å². The van der Waals surface area contributed by atoms with Crippen molar-refractivity contribution in [2.75, 3.05) is 18.6 Å². The fourth-order valence-corrected chi connectivity index (χ4v) is 3.32. The molecular weight excluding hydrogens is 466 g/mol. The Bertz CT molecular complexity index is 716. The standard InChI is InChI=1S/C20H39N7O6S/c1-10(2)14(26-16(29)12(21)6-5-8-24-20(22)23)17(30)27-15(11(3)28)18(31)25-13(19(32)33)7-9-34-4/h10-15,28H,5-9,21H2,1-4H3,(H,25,31)(H,26,29)(H,27,30)(H,32,33)(H4,22,23,24). The molecule has 13 nitrogen and oxygen atoms in total. The number of hydrogen-bond donors (Lipinski definition) is 8. The van der Waals surface area contributed by atoms with Crippen LogP contribution in [0.4, 0.5) is 0 Å². The number of nitrogens with one attached hydrogen (secondary N) is 3. The number of nitrogens with zero attached hydrogens (tertiary/aromatic N) is 1. The minimum atomic E-state index is -1.42. The predicted molar refractivity (Wildman–Crippen MR) is 131 cm³/mol. The zero-order valence-electron chi connectivity index (χ0n) is 20.1. The SMILES string of the molecule is CSCCC(NC(=O)C(NC(=O)C(NC(=O)C(N)CCCN=C(N)N)C(C)C)C(C)O)C(=O)O. The molecule has 5 unspecified atom stereocenters. The number of guanidine groups is 1. The van der Waals surface area contributed by atoms with E-state index in [-0.39, 0.29) is 24.7 Å². The number of amides is 3. The molecule has 0 heterocycles. The molecule has 0 saturated heterocycles. The summed E-state index contributed by atoms with van der Waals surface area (Å²) in [7, 11) is 0. The van der Waals surface area contributed by atoms with Crippen LogP contribution in [0.25, 0.3) is 0 Å². The number of carboxylic acids is 1. The van der Waals surface area contributed by atoms with Gasteiger partial charge in [-0.15, -0.1) is 0 Å². The maximum atomic E-state index is 12.9. The lowest BCUT2D eigenvalue weighted by molar-refractivity contribution is -0.143. The van der Waals surface area contributed by atoms with Crippen LogP contribution in [0.5, 0.6) is 0 Å². The summed E-state index contributed by atoms with van der Waals surface area (Å²) in [6.45, 7) is 4.97. The molecule has 5 atom stereocenters. The van der Waals surface area contributed by atoms with Crippen molar-refractivity contribution in [3.8, 4) is 0 Å². The summed E-state index contributed by atoms with van der Waals surface area (Å²) in [6.07, 6.45) is 1.39. The van der Waals surface area contributed by atoms with E-state index in [2.05, 4.69) is 20.9 Å². The van der Waals surface area contributed by atoms with Gasteiger partial charge >= 0.3 is 5.97 Å². The van der Waals surface area contributed by atoms with Gasteiger partial charge in [-0.3, -0.25) is 19.4 Å². The second-order valence-corrected chi connectivity index (χ2v) is 9.18. The second-order valence-electron chi connectivity index (χ2n) is 8.19. The Morgan fingerprint density at radius 3 is 1.97 bits per heavy atom. The number of rotatable bonds is 16. The zero-order chi connectivity index (χ0) is 26.4. The van der Waals surface area contributed by atoms with E-state index in [4.69, 9.17) is 17.2 Å². The number of aliphatic imine (C=N–C) groups is 1. The van der Waals surface area contributed by atoms with E-state index < -0.39 is 54.0 Å². The number of carboxylic acid groups (broad SMARTS) is 1. The first-order valence-electron chi connectivity index (χ1n) is 10.9. The molecule has 0 bridgehead atoms. The molecule has 0 rings (SSSR count). The van der Waals surface area contributed by atoms with Gasteiger partial charge in [-0.2, -0.15) is 11.8 Å². The number of carbonyl (C=O) groups is 4. The third-order valence-electron chi connectivity index (χ3n) is 4.84. The fraction of sp³-hybridized carbons (Fsp3) is 0.750. The van der Waals surface area contributed by atoms with Crippen LogP contribution in [0.1, 0.15) is 40.0 Å². The number of carbonyl (C=O) groups excluding carboxylic acids is 3. The number of aliphatic hydroxyl groups is 1. The van der Waals surface area contributed by atoms with Crippen LogP contribution in [0.15, 0.2) is 4.99 Å². The van der Waals surface area contributed by atoms with Crippen molar-refractivity contribution in [1.82, 2.24) is 16.0 Å². The number of aliphatic hydroxyl groups excluding tert-OH is 1. The van der Waals surface area contributed by atoms with Crippen molar-refractivity contribution >= 4 is 41.4 Å². The molecule has 0 radical (unpaired) electrons. The normalized spacial score (nSPS) is 15.4. The van der Waals surface area contributed by atoms with Gasteiger partial charge in [0.2, 0.25) is 17.7 Å². The molecule has 11 N–H and O–H groups in total. The Hall–Kier alpha value is -2.58. The quantitative estimate of drug-likeness (QED) is 0.0634. The lowest BCUT2D eigenvalue weighted by Gasteiger charge is -2.28. The maximum absolute atomic E-state index is 12.9. The van der Waals surface area contributed by atoms with E-state index in [9.17, 15) is 29.4 Å². The highest BCUT2D eigenvalue weighted by atomic mass is 32.2. The van der Waals surface area contributed by atoms with Crippen molar-refractivity contribution in [2.24, 2.45) is 28.1 Å². The first-order chi connectivity index (χ1) is 15.8. The number of nitrogens with two attached hydrogens (primary N) is 3. The van der Waals surface area contributed by atoms with Crippen LogP contribution in [-0.2, 0) is 19.2 Å². The fourth-order valence-electron chi connectivity index (χ4n) is 2.85. The van der Waals surface area contributed by atoms with Crippen molar-refractivity contribution in [2.45, 2.75) is 70.3 Å². The van der Waals surface area contributed by atoms with Gasteiger partial charge in [-0.25, -0.2) is 4.79 Å². The van der Waals surface area contributed by atoms with Crippen LogP contribution in [-0.4, -0.2) is 88.7 Å². The molecule has 0 aromatic carbocycles. The minimum absolute atomic E-state index is 0.0646. The van der Waals surface area contributed by atoms with Crippen LogP contribution in [0.2, 0.25) is 0 Å². The topological polar surface area (TPSA) is 235 Å². The second kappa shape index (κ2) is 16.1. The summed E-state index contributed by atoms with van der Waals surface area (Å²) in [6, 6.07) is -4.55. The smallest absolute Gasteiger partial charge is 0.326 e. The monoisotopic (exact) mass is 505 g/mol. The summed E-state index contributed by atoms with van der Waals surface area (Å²) >= 11 is 1.42. The third-order valence-corrected chi connectivity index (χ3v) is 5.48. The molecular formula is C20H39N7O6S. The molecule has 0 spiro atoms. The first kappa shape index (κ1) is 31.4. The van der Waals surface area contributed by atoms with Gasteiger partial charge < -0.3 is 43.4 Å². The third kappa shape index (κ3) is 12.0. The molecule has 0 aliphatic carbocycles. The van der Waals surface area contributed by atoms with E-state index in [0.29, 0.717) is 18.7 Å². The lowest BCUT2D eigenvalue weighted by Crippen LogP contribution is -2.60. The van der Waals surface area contributed by atoms with E-state index >= 15 is 0 Å². The van der Waals surface area contributed by atoms with Gasteiger partial charge in [0, 0.05) is 6.54 Å². The zero-order valence-corrected chi connectivity index (χ0v) is 20.9. The molecule has 0 aliphatic rings. The molecule has 14 heteroatoms. The molecule has 0 aliphatic heterocycles. The average Bonchev–Trinajstić information content (AvgIpc) is 2.74. The Kier molecular flexibility index (Phi) is 14.9. The van der Waals surface area contributed by atoms with Crippen LogP contribution >= 0.6 is 11.8 Å². The molecule has 0 aromatic heterocycles.